The van der Waals surface area contributed by atoms with E-state index in [1.807, 2.05) is 0 Å². The molecule has 1 aliphatic heterocycles. The number of amides is 2. The van der Waals surface area contributed by atoms with Gasteiger partial charge in [-0.1, -0.05) is 46.0 Å². The Kier molecular flexibility index (Phi) is 6.89. The maximum atomic E-state index is 12.2. The second-order valence-electron chi connectivity index (χ2n) is 5.48. The van der Waals surface area contributed by atoms with Gasteiger partial charge in [-0.3, -0.25) is 9.59 Å². The summed E-state index contributed by atoms with van der Waals surface area (Å²) in [6.07, 6.45) is 7.53. The molecule has 4 nitrogen and oxygen atoms in total. The number of hydrogen-bond donors (Lipinski definition) is 1. The van der Waals surface area contributed by atoms with Gasteiger partial charge in [-0.2, -0.15) is 0 Å². The zero-order valence-electron chi connectivity index (χ0n) is 12.6. The predicted octanol–water partition coefficient (Wildman–Crippen LogP) is 2.47. The lowest BCUT2D eigenvalue weighted by molar-refractivity contribution is -0.149. The number of nitrogens with zero attached hydrogens (tertiary/aromatic N) is 1. The molecule has 1 fully saturated rings. The predicted molar refractivity (Wildman–Crippen MR) is 76.8 cm³/mol. The molecule has 1 heterocycles. The second kappa shape index (κ2) is 8.18. The van der Waals surface area contributed by atoms with Crippen LogP contribution in [0.5, 0.6) is 0 Å². The van der Waals surface area contributed by atoms with Crippen molar-refractivity contribution in [1.82, 2.24) is 10.2 Å². The first kappa shape index (κ1) is 16.0. The number of unbranched alkanes of at least 4 members (excludes halogenated alkanes) is 4. The van der Waals surface area contributed by atoms with Gasteiger partial charge < -0.3 is 10.2 Å². The van der Waals surface area contributed by atoms with E-state index >= 15 is 0 Å². The monoisotopic (exact) mass is 268 g/mol. The van der Waals surface area contributed by atoms with Crippen LogP contribution < -0.4 is 5.32 Å². The average Bonchev–Trinajstić information content (AvgIpc) is 2.38. The molecular formula is C15H28N2O2. The molecule has 1 rings (SSSR count). The average molecular weight is 268 g/mol. The number of rotatable bonds is 8. The molecule has 2 unspecified atom stereocenters. The molecule has 0 saturated carbocycles. The van der Waals surface area contributed by atoms with Gasteiger partial charge in [-0.25, -0.2) is 0 Å². The van der Waals surface area contributed by atoms with Gasteiger partial charge in [0.15, 0.2) is 0 Å². The van der Waals surface area contributed by atoms with Crippen molar-refractivity contribution in [2.75, 3.05) is 6.54 Å². The molecule has 0 radical (unpaired) electrons. The summed E-state index contributed by atoms with van der Waals surface area (Å²) >= 11 is 0. The van der Waals surface area contributed by atoms with E-state index in [4.69, 9.17) is 0 Å². The van der Waals surface area contributed by atoms with E-state index in [2.05, 4.69) is 19.2 Å². The molecule has 0 aromatic carbocycles. The third-order valence-electron chi connectivity index (χ3n) is 3.76. The van der Waals surface area contributed by atoms with Crippen molar-refractivity contribution in [2.24, 2.45) is 0 Å². The Labute approximate surface area is 116 Å². The van der Waals surface area contributed by atoms with Crippen molar-refractivity contribution in [3.8, 4) is 0 Å². The van der Waals surface area contributed by atoms with E-state index < -0.39 is 0 Å². The molecule has 0 bridgehead atoms. The highest BCUT2D eigenvalue weighted by molar-refractivity contribution is 5.96. The topological polar surface area (TPSA) is 49.4 Å². The van der Waals surface area contributed by atoms with E-state index in [1.165, 1.54) is 19.3 Å². The fourth-order valence-electron chi connectivity index (χ4n) is 2.63. The summed E-state index contributed by atoms with van der Waals surface area (Å²) < 4.78 is 0. The standard InChI is InChI=1S/C15H28N2O2/c1-4-6-7-8-9-11-17-13(10-5-2)14(18)16-12(3)15(17)19/h12-13H,4-11H2,1-3H3,(H,16,18). The van der Waals surface area contributed by atoms with Crippen LogP contribution in [0.15, 0.2) is 0 Å². The maximum Gasteiger partial charge on any atom is 0.245 e. The summed E-state index contributed by atoms with van der Waals surface area (Å²) in [6, 6.07) is -0.615. The smallest absolute Gasteiger partial charge is 0.245 e. The minimum Gasteiger partial charge on any atom is -0.343 e. The Morgan fingerprint density at radius 2 is 1.74 bits per heavy atom. The molecule has 2 amide bonds. The number of hydrogen-bond acceptors (Lipinski definition) is 2. The minimum absolute atomic E-state index is 0.0162. The summed E-state index contributed by atoms with van der Waals surface area (Å²) in [5.41, 5.74) is 0. The normalized spacial score (nSPS) is 23.6. The van der Waals surface area contributed by atoms with Crippen LogP contribution in [0.2, 0.25) is 0 Å². The highest BCUT2D eigenvalue weighted by Crippen LogP contribution is 2.16. The highest BCUT2D eigenvalue weighted by atomic mass is 16.2. The fraction of sp³-hybridized carbons (Fsp3) is 0.867. The number of nitrogens with one attached hydrogen (secondary N) is 1. The zero-order chi connectivity index (χ0) is 14.3. The summed E-state index contributed by atoms with van der Waals surface area (Å²) in [6.45, 7) is 6.74. The van der Waals surface area contributed by atoms with Gasteiger partial charge in [0.1, 0.15) is 12.1 Å². The van der Waals surface area contributed by atoms with Crippen LogP contribution >= 0.6 is 0 Å². The van der Waals surface area contributed by atoms with Crippen LogP contribution in [0.4, 0.5) is 0 Å². The largest absolute Gasteiger partial charge is 0.343 e. The number of piperazine rings is 1. The first-order chi connectivity index (χ1) is 9.11. The van der Waals surface area contributed by atoms with Crippen LogP contribution in [0.3, 0.4) is 0 Å². The Morgan fingerprint density at radius 3 is 2.37 bits per heavy atom. The minimum atomic E-state index is -0.365. The maximum absolute atomic E-state index is 12.2. The summed E-state index contributed by atoms with van der Waals surface area (Å²) in [5, 5.41) is 2.77. The molecule has 0 aliphatic carbocycles. The van der Waals surface area contributed by atoms with E-state index in [1.54, 1.807) is 11.8 Å². The van der Waals surface area contributed by atoms with Gasteiger partial charge in [0.05, 0.1) is 0 Å². The molecule has 1 saturated heterocycles. The Hall–Kier alpha value is -1.06. The van der Waals surface area contributed by atoms with E-state index in [0.29, 0.717) is 0 Å². The lowest BCUT2D eigenvalue weighted by Crippen LogP contribution is -2.62. The van der Waals surface area contributed by atoms with Gasteiger partial charge >= 0.3 is 0 Å². The van der Waals surface area contributed by atoms with Crippen LogP contribution in [0.1, 0.15) is 65.7 Å². The van der Waals surface area contributed by atoms with Crippen molar-refractivity contribution in [2.45, 2.75) is 77.8 Å². The van der Waals surface area contributed by atoms with Gasteiger partial charge in [-0.05, 0) is 19.8 Å². The third-order valence-corrected chi connectivity index (χ3v) is 3.76. The van der Waals surface area contributed by atoms with E-state index in [9.17, 15) is 9.59 Å². The summed E-state index contributed by atoms with van der Waals surface area (Å²) in [7, 11) is 0. The van der Waals surface area contributed by atoms with E-state index in [0.717, 1.165) is 32.2 Å². The quantitative estimate of drug-likeness (QED) is 0.688. The van der Waals surface area contributed by atoms with Crippen molar-refractivity contribution < 1.29 is 9.59 Å². The van der Waals surface area contributed by atoms with Crippen molar-refractivity contribution in [3.63, 3.8) is 0 Å². The molecule has 4 heteroatoms. The molecule has 1 aliphatic rings. The van der Waals surface area contributed by atoms with Crippen molar-refractivity contribution >= 4 is 11.8 Å². The molecule has 19 heavy (non-hydrogen) atoms. The Bertz CT molecular complexity index is 305. The second-order valence-corrected chi connectivity index (χ2v) is 5.48. The lowest BCUT2D eigenvalue weighted by atomic mass is 10.0. The van der Waals surface area contributed by atoms with Crippen LogP contribution in [0.25, 0.3) is 0 Å². The van der Waals surface area contributed by atoms with Crippen LogP contribution in [0, 0.1) is 0 Å². The molecule has 1 N–H and O–H groups in total. The first-order valence-electron chi connectivity index (χ1n) is 7.72. The number of carbonyl (C=O) groups is 2. The van der Waals surface area contributed by atoms with E-state index in [-0.39, 0.29) is 23.9 Å². The van der Waals surface area contributed by atoms with Crippen molar-refractivity contribution in [3.05, 3.63) is 0 Å². The fourth-order valence-corrected chi connectivity index (χ4v) is 2.63. The SMILES string of the molecule is CCCCCCCN1C(=O)C(C)NC(=O)C1CCC. The molecule has 0 spiro atoms. The van der Waals surface area contributed by atoms with Gasteiger partial charge in [-0.15, -0.1) is 0 Å². The highest BCUT2D eigenvalue weighted by Gasteiger charge is 2.37. The molecule has 2 atom stereocenters. The van der Waals surface area contributed by atoms with Crippen LogP contribution in [-0.4, -0.2) is 35.3 Å². The molecule has 0 aromatic heterocycles. The first-order valence-corrected chi connectivity index (χ1v) is 7.72. The van der Waals surface area contributed by atoms with Crippen LogP contribution in [-0.2, 0) is 9.59 Å². The number of carbonyl (C=O) groups excluding carboxylic acids is 2. The summed E-state index contributed by atoms with van der Waals surface area (Å²) in [5.74, 6) is 0.0936. The molecular weight excluding hydrogens is 240 g/mol. The van der Waals surface area contributed by atoms with Gasteiger partial charge in [0, 0.05) is 6.54 Å². The molecule has 0 aromatic rings. The Morgan fingerprint density at radius 1 is 1.05 bits per heavy atom. The zero-order valence-corrected chi connectivity index (χ0v) is 12.6. The Balaban J connectivity index is 2.52. The third kappa shape index (κ3) is 4.51. The molecule has 110 valence electrons. The van der Waals surface area contributed by atoms with Crippen molar-refractivity contribution in [1.29, 1.82) is 0 Å². The summed E-state index contributed by atoms with van der Waals surface area (Å²) in [4.78, 5) is 26.0. The van der Waals surface area contributed by atoms with Gasteiger partial charge in [0.2, 0.25) is 11.8 Å². The van der Waals surface area contributed by atoms with Gasteiger partial charge in [0.25, 0.3) is 0 Å². The lowest BCUT2D eigenvalue weighted by Gasteiger charge is -2.38.